The lowest BCUT2D eigenvalue weighted by atomic mass is 9.93. The molecule has 0 atom stereocenters. The number of aromatic nitrogens is 3. The van der Waals surface area contributed by atoms with E-state index >= 15 is 0 Å². The number of urea groups is 1. The average molecular weight is 642 g/mol. The first kappa shape index (κ1) is 37.0. The van der Waals surface area contributed by atoms with Gasteiger partial charge in [-0.15, -0.1) is 0 Å². The van der Waals surface area contributed by atoms with Gasteiger partial charge < -0.3 is 35.3 Å². The highest BCUT2D eigenvalue weighted by Gasteiger charge is 2.38. The number of aromatic amines is 1. The van der Waals surface area contributed by atoms with Gasteiger partial charge in [0.25, 0.3) is 5.56 Å². The van der Waals surface area contributed by atoms with Crippen molar-refractivity contribution in [3.05, 3.63) is 40.3 Å². The Bertz CT molecular complexity index is 1490. The molecule has 2 aromatic heterocycles. The molecule has 1 saturated heterocycles. The molecule has 1 fully saturated rings. The van der Waals surface area contributed by atoms with Crippen molar-refractivity contribution in [2.45, 2.75) is 57.7 Å². The van der Waals surface area contributed by atoms with Crippen molar-refractivity contribution in [2.24, 2.45) is 0 Å². The second-order valence-electron chi connectivity index (χ2n) is 11.6. The predicted molar refractivity (Wildman–Crippen MR) is 164 cm³/mol. The van der Waals surface area contributed by atoms with Gasteiger partial charge >= 0.3 is 18.2 Å². The molecular formula is C29H42F3N7O6. The fourth-order valence-electron chi connectivity index (χ4n) is 4.25. The highest BCUT2D eigenvalue weighted by molar-refractivity contribution is 6.07. The summed E-state index contributed by atoms with van der Waals surface area (Å²) in [6.07, 6.45) is -1.82. The molecule has 3 heterocycles. The van der Waals surface area contributed by atoms with Crippen molar-refractivity contribution in [2.75, 3.05) is 52.7 Å². The number of halogens is 3. The van der Waals surface area contributed by atoms with E-state index in [9.17, 15) is 27.6 Å². The molecule has 0 aliphatic carbocycles. The number of piperidine rings is 1. The molecule has 0 spiro atoms. The summed E-state index contributed by atoms with van der Waals surface area (Å²) in [5, 5.41) is 18.3. The van der Waals surface area contributed by atoms with Crippen LogP contribution in [0.3, 0.4) is 0 Å². The van der Waals surface area contributed by atoms with E-state index in [4.69, 9.17) is 19.7 Å². The van der Waals surface area contributed by atoms with Crippen LogP contribution in [0.2, 0.25) is 0 Å². The van der Waals surface area contributed by atoms with Crippen molar-refractivity contribution in [1.82, 2.24) is 29.7 Å². The van der Waals surface area contributed by atoms with Crippen LogP contribution >= 0.6 is 0 Å². The Hall–Kier alpha value is -4.18. The minimum atomic E-state index is -5.08. The summed E-state index contributed by atoms with van der Waals surface area (Å²) in [6, 6.07) is 6.79. The SMILES string of the molecule is CN(C)CCCNC(=O)Nc1cccc2nn3c(C4CCN(C=O)CC4)cc(=O)[nH]c3c12.COC(C)(C)C.O=C(O)C(F)(F)F. The van der Waals surface area contributed by atoms with E-state index in [1.54, 1.807) is 28.7 Å². The Balaban J connectivity index is 0.000000457. The number of carbonyl (C=O) groups is 3. The zero-order valence-electron chi connectivity index (χ0n) is 26.3. The molecule has 3 amide bonds. The number of nitrogens with zero attached hydrogens (tertiary/aromatic N) is 4. The van der Waals surface area contributed by atoms with E-state index in [0.29, 0.717) is 41.9 Å². The molecule has 4 rings (SSSR count). The van der Waals surface area contributed by atoms with Crippen LogP contribution in [-0.4, -0.2) is 107 Å². The van der Waals surface area contributed by atoms with Gasteiger partial charge in [-0.2, -0.15) is 18.3 Å². The number of nitrogens with one attached hydrogen (secondary N) is 3. The van der Waals surface area contributed by atoms with Gasteiger partial charge in [0.15, 0.2) is 0 Å². The molecule has 0 saturated carbocycles. The number of benzene rings is 1. The largest absolute Gasteiger partial charge is 0.490 e. The lowest BCUT2D eigenvalue weighted by Gasteiger charge is -2.29. The van der Waals surface area contributed by atoms with Crippen LogP contribution in [0.4, 0.5) is 23.7 Å². The fourth-order valence-corrected chi connectivity index (χ4v) is 4.25. The van der Waals surface area contributed by atoms with Gasteiger partial charge in [0.2, 0.25) is 6.41 Å². The molecule has 0 radical (unpaired) electrons. The number of ether oxygens (including phenoxy) is 1. The van der Waals surface area contributed by atoms with E-state index in [2.05, 4.69) is 20.5 Å². The number of hydrogen-bond acceptors (Lipinski definition) is 7. The number of carbonyl (C=O) groups excluding carboxylic acids is 2. The van der Waals surface area contributed by atoms with E-state index in [1.165, 1.54) is 0 Å². The first-order valence-corrected chi connectivity index (χ1v) is 14.3. The Morgan fingerprint density at radius 2 is 1.80 bits per heavy atom. The van der Waals surface area contributed by atoms with E-state index in [0.717, 1.165) is 37.9 Å². The van der Waals surface area contributed by atoms with Gasteiger partial charge in [0.1, 0.15) is 5.65 Å². The van der Waals surface area contributed by atoms with Crippen LogP contribution < -0.4 is 16.2 Å². The maximum atomic E-state index is 12.5. The van der Waals surface area contributed by atoms with Crippen molar-refractivity contribution in [3.8, 4) is 0 Å². The van der Waals surface area contributed by atoms with Gasteiger partial charge in [0, 0.05) is 38.7 Å². The number of anilines is 1. The molecule has 3 aromatic rings. The number of carboxylic acids is 1. The van der Waals surface area contributed by atoms with Crippen LogP contribution in [0.1, 0.15) is 51.6 Å². The van der Waals surface area contributed by atoms with Crippen molar-refractivity contribution in [1.29, 1.82) is 0 Å². The molecule has 250 valence electrons. The lowest BCUT2D eigenvalue weighted by Crippen LogP contribution is -2.32. The minimum absolute atomic E-state index is 0.0417. The van der Waals surface area contributed by atoms with Gasteiger partial charge in [-0.3, -0.25) is 9.59 Å². The summed E-state index contributed by atoms with van der Waals surface area (Å²) >= 11 is 0. The topological polar surface area (TPSA) is 161 Å². The molecule has 4 N–H and O–H groups in total. The number of fused-ring (bicyclic) bond motifs is 3. The van der Waals surface area contributed by atoms with Crippen molar-refractivity contribution >= 4 is 40.6 Å². The first-order chi connectivity index (χ1) is 21.0. The maximum absolute atomic E-state index is 12.5. The molecule has 1 aliphatic heterocycles. The Morgan fingerprint density at radius 3 is 2.31 bits per heavy atom. The Morgan fingerprint density at radius 1 is 1.20 bits per heavy atom. The Labute approximate surface area is 258 Å². The smallest absolute Gasteiger partial charge is 0.475 e. The van der Waals surface area contributed by atoms with Gasteiger partial charge in [0.05, 0.1) is 27.9 Å². The lowest BCUT2D eigenvalue weighted by molar-refractivity contribution is -0.192. The predicted octanol–water partition coefficient (Wildman–Crippen LogP) is 3.65. The van der Waals surface area contributed by atoms with Gasteiger partial charge in [-0.1, -0.05) is 6.07 Å². The van der Waals surface area contributed by atoms with Crippen LogP contribution in [-0.2, 0) is 14.3 Å². The fraction of sp³-hybridized carbons (Fsp3) is 0.552. The summed E-state index contributed by atoms with van der Waals surface area (Å²) in [5.74, 6) is -2.63. The third-order valence-corrected chi connectivity index (χ3v) is 6.73. The van der Waals surface area contributed by atoms with Crippen LogP contribution in [0.15, 0.2) is 29.1 Å². The van der Waals surface area contributed by atoms with Crippen molar-refractivity contribution < 1.29 is 37.4 Å². The maximum Gasteiger partial charge on any atom is 0.490 e. The van der Waals surface area contributed by atoms with E-state index < -0.39 is 12.1 Å². The number of carboxylic acid groups (broad SMARTS) is 1. The zero-order chi connectivity index (χ0) is 33.9. The Kier molecular flexibility index (Phi) is 13.3. The molecular weight excluding hydrogens is 599 g/mol. The van der Waals surface area contributed by atoms with Gasteiger partial charge in [-0.25, -0.2) is 14.1 Å². The van der Waals surface area contributed by atoms with E-state index in [-0.39, 0.29) is 23.1 Å². The second kappa shape index (κ2) is 16.2. The van der Waals surface area contributed by atoms with Crippen LogP contribution in [0.5, 0.6) is 0 Å². The molecule has 0 unspecified atom stereocenters. The number of aliphatic carboxylic acids is 1. The quantitative estimate of drug-likeness (QED) is 0.225. The summed E-state index contributed by atoms with van der Waals surface area (Å²) in [6.45, 7) is 8.83. The number of hydrogen-bond donors (Lipinski definition) is 4. The summed E-state index contributed by atoms with van der Waals surface area (Å²) < 4.78 is 38.4. The number of amides is 3. The molecule has 0 bridgehead atoms. The highest BCUT2D eigenvalue weighted by Crippen LogP contribution is 2.31. The number of H-pyrrole nitrogens is 1. The normalized spacial score (nSPS) is 14.0. The summed E-state index contributed by atoms with van der Waals surface area (Å²) in [5.41, 5.74) is 2.48. The standard InChI is InChI=1S/C22H29N7O3.C5H12O.C2HF3O2/c1-27(2)10-4-9-23-22(32)24-16-5-3-6-17-20(16)21-25-19(31)13-18(29(21)26-17)15-7-11-28(14-30)12-8-15;1-5(2,3)6-4;3-2(4,5)1(6)7/h3,5-6,13-15H,4,7-12H2,1-2H3,(H,25,31)(H2,23,24,32);1-4H3;(H,6,7). The number of alkyl halides is 3. The molecule has 1 aromatic carbocycles. The summed E-state index contributed by atoms with van der Waals surface area (Å²) in [7, 11) is 5.69. The zero-order valence-corrected chi connectivity index (χ0v) is 26.3. The number of methoxy groups -OCH3 is 1. The van der Waals surface area contributed by atoms with E-state index in [1.807, 2.05) is 47.0 Å². The third-order valence-electron chi connectivity index (χ3n) is 6.73. The monoisotopic (exact) mass is 641 g/mol. The molecule has 1 aliphatic rings. The minimum Gasteiger partial charge on any atom is -0.475 e. The highest BCUT2D eigenvalue weighted by atomic mass is 19.4. The first-order valence-electron chi connectivity index (χ1n) is 14.3. The molecule has 13 nitrogen and oxygen atoms in total. The van der Waals surface area contributed by atoms with Crippen LogP contribution in [0, 0.1) is 0 Å². The second-order valence-corrected chi connectivity index (χ2v) is 11.6. The van der Waals surface area contributed by atoms with Crippen LogP contribution in [0.25, 0.3) is 16.6 Å². The van der Waals surface area contributed by atoms with Crippen molar-refractivity contribution in [3.63, 3.8) is 0 Å². The number of rotatable bonds is 7. The summed E-state index contributed by atoms with van der Waals surface area (Å²) in [4.78, 5) is 51.6. The molecule has 16 heteroatoms. The third kappa shape index (κ3) is 11.7. The van der Waals surface area contributed by atoms with Gasteiger partial charge in [-0.05, 0) is 72.8 Å². The number of likely N-dealkylation sites (tertiary alicyclic amines) is 1. The average Bonchev–Trinajstić information content (AvgIpc) is 3.34. The molecule has 45 heavy (non-hydrogen) atoms.